The fourth-order valence-corrected chi connectivity index (χ4v) is 2.16. The molecule has 0 aromatic heterocycles. The largest absolute Gasteiger partial charge is 0.330 e. The number of nitrogens with two attached hydrogens (primary N) is 1. The molecule has 1 aliphatic rings. The highest BCUT2D eigenvalue weighted by molar-refractivity contribution is 4.76. The summed E-state index contributed by atoms with van der Waals surface area (Å²) in [6.07, 6.45) is 5.36. The quantitative estimate of drug-likeness (QED) is 0.701. The van der Waals surface area contributed by atoms with Gasteiger partial charge in [-0.25, -0.2) is 0 Å². The van der Waals surface area contributed by atoms with E-state index in [-0.39, 0.29) is 0 Å². The van der Waals surface area contributed by atoms with E-state index in [1.165, 1.54) is 38.8 Å². The highest BCUT2D eigenvalue weighted by atomic mass is 14.8. The Morgan fingerprint density at radius 2 is 2.08 bits per heavy atom. The van der Waals surface area contributed by atoms with Crippen molar-refractivity contribution in [2.75, 3.05) is 19.6 Å². The molecule has 0 spiro atoms. The molecule has 0 aromatic carbocycles. The molecule has 1 rings (SSSR count). The van der Waals surface area contributed by atoms with Gasteiger partial charge in [-0.1, -0.05) is 13.8 Å². The van der Waals surface area contributed by atoms with Gasteiger partial charge in [-0.05, 0) is 56.7 Å². The van der Waals surface area contributed by atoms with Crippen molar-refractivity contribution in [2.45, 2.75) is 39.5 Å². The maximum Gasteiger partial charge on any atom is -0.00257 e. The Morgan fingerprint density at radius 1 is 1.31 bits per heavy atom. The van der Waals surface area contributed by atoms with Gasteiger partial charge in [0.15, 0.2) is 0 Å². The summed E-state index contributed by atoms with van der Waals surface area (Å²) in [4.78, 5) is 0. The van der Waals surface area contributed by atoms with Gasteiger partial charge in [0.05, 0.1) is 0 Å². The molecule has 78 valence electrons. The molecule has 0 aromatic rings. The minimum absolute atomic E-state index is 0.342. The molecule has 0 amide bonds. The lowest BCUT2D eigenvalue weighted by molar-refractivity contribution is 0.260. The Morgan fingerprint density at radius 3 is 2.77 bits per heavy atom. The van der Waals surface area contributed by atoms with E-state index in [9.17, 15) is 0 Å². The van der Waals surface area contributed by atoms with Gasteiger partial charge in [-0.15, -0.1) is 0 Å². The van der Waals surface area contributed by atoms with Crippen LogP contribution in [0, 0.1) is 11.3 Å². The van der Waals surface area contributed by atoms with E-state index in [0.29, 0.717) is 5.41 Å². The van der Waals surface area contributed by atoms with Gasteiger partial charge in [0.25, 0.3) is 0 Å². The fourth-order valence-electron chi connectivity index (χ4n) is 2.16. The van der Waals surface area contributed by atoms with Crippen molar-refractivity contribution in [2.24, 2.45) is 17.1 Å². The van der Waals surface area contributed by atoms with Crippen LogP contribution in [0.5, 0.6) is 0 Å². The van der Waals surface area contributed by atoms with Gasteiger partial charge in [-0.3, -0.25) is 0 Å². The molecule has 2 nitrogen and oxygen atoms in total. The minimum Gasteiger partial charge on any atom is -0.330 e. The van der Waals surface area contributed by atoms with Crippen LogP contribution in [0.4, 0.5) is 0 Å². The third-order valence-corrected chi connectivity index (χ3v) is 3.09. The topological polar surface area (TPSA) is 38.0 Å². The molecular formula is C11H24N2. The number of hydrogen-bond donors (Lipinski definition) is 2. The van der Waals surface area contributed by atoms with Crippen molar-refractivity contribution in [3.63, 3.8) is 0 Å². The summed E-state index contributed by atoms with van der Waals surface area (Å²) in [5.41, 5.74) is 6.09. The average Bonchev–Trinajstić information content (AvgIpc) is 2.32. The highest BCUT2D eigenvalue weighted by Crippen LogP contribution is 2.29. The molecule has 1 heterocycles. The highest BCUT2D eigenvalue weighted by Gasteiger charge is 2.22. The first kappa shape index (κ1) is 11.0. The van der Waals surface area contributed by atoms with Gasteiger partial charge in [-0.2, -0.15) is 0 Å². The molecule has 1 aliphatic heterocycles. The zero-order chi connectivity index (χ0) is 9.73. The van der Waals surface area contributed by atoms with E-state index in [0.717, 1.165) is 12.5 Å². The third kappa shape index (κ3) is 4.10. The van der Waals surface area contributed by atoms with Crippen LogP contribution in [0.3, 0.4) is 0 Å². The third-order valence-electron chi connectivity index (χ3n) is 3.09. The van der Waals surface area contributed by atoms with Crippen LogP contribution >= 0.6 is 0 Å². The summed E-state index contributed by atoms with van der Waals surface area (Å²) in [5.74, 6) is 0.897. The van der Waals surface area contributed by atoms with Crippen molar-refractivity contribution in [1.82, 2.24) is 5.32 Å². The lowest BCUT2D eigenvalue weighted by Gasteiger charge is -2.27. The van der Waals surface area contributed by atoms with Gasteiger partial charge >= 0.3 is 0 Å². The zero-order valence-corrected chi connectivity index (χ0v) is 9.10. The molecule has 13 heavy (non-hydrogen) atoms. The predicted octanol–water partition coefficient (Wildman–Crippen LogP) is 1.75. The fraction of sp³-hybridized carbons (Fsp3) is 1.00. The van der Waals surface area contributed by atoms with Crippen molar-refractivity contribution in [3.05, 3.63) is 0 Å². The Kier molecular flexibility index (Phi) is 4.20. The van der Waals surface area contributed by atoms with E-state index in [1.54, 1.807) is 0 Å². The molecule has 1 saturated heterocycles. The SMILES string of the molecule is CC(C)(CN)CC1CCCNCC1. The Labute approximate surface area is 82.3 Å². The van der Waals surface area contributed by atoms with E-state index in [4.69, 9.17) is 5.73 Å². The van der Waals surface area contributed by atoms with Crippen molar-refractivity contribution >= 4 is 0 Å². The number of rotatable bonds is 3. The van der Waals surface area contributed by atoms with Crippen LogP contribution in [0.15, 0.2) is 0 Å². The lowest BCUT2D eigenvalue weighted by atomic mass is 9.80. The van der Waals surface area contributed by atoms with Gasteiger partial charge < -0.3 is 11.1 Å². The Hall–Kier alpha value is -0.0800. The van der Waals surface area contributed by atoms with Crippen LogP contribution in [0.1, 0.15) is 39.5 Å². The minimum atomic E-state index is 0.342. The molecule has 0 saturated carbocycles. The van der Waals surface area contributed by atoms with Crippen LogP contribution in [0.2, 0.25) is 0 Å². The van der Waals surface area contributed by atoms with Crippen LogP contribution in [-0.2, 0) is 0 Å². The molecule has 3 N–H and O–H groups in total. The van der Waals surface area contributed by atoms with E-state index < -0.39 is 0 Å². The summed E-state index contributed by atoms with van der Waals surface area (Å²) in [7, 11) is 0. The molecule has 1 unspecified atom stereocenters. The molecule has 0 bridgehead atoms. The molecule has 1 fully saturated rings. The molecular weight excluding hydrogens is 160 g/mol. The van der Waals surface area contributed by atoms with E-state index >= 15 is 0 Å². The van der Waals surface area contributed by atoms with Crippen molar-refractivity contribution in [3.8, 4) is 0 Å². The normalized spacial score (nSPS) is 25.6. The van der Waals surface area contributed by atoms with E-state index in [2.05, 4.69) is 19.2 Å². The average molecular weight is 184 g/mol. The van der Waals surface area contributed by atoms with Gasteiger partial charge in [0.1, 0.15) is 0 Å². The maximum atomic E-state index is 5.75. The Balaban J connectivity index is 2.33. The molecule has 2 heteroatoms. The standard InChI is InChI=1S/C11H24N2/c1-11(2,9-12)8-10-4-3-6-13-7-5-10/h10,13H,3-9,12H2,1-2H3. The molecule has 1 atom stereocenters. The van der Waals surface area contributed by atoms with E-state index in [1.807, 2.05) is 0 Å². The second-order valence-corrected chi connectivity index (χ2v) is 5.12. The predicted molar refractivity (Wildman–Crippen MR) is 57.7 cm³/mol. The number of nitrogens with one attached hydrogen (secondary N) is 1. The van der Waals surface area contributed by atoms with Crippen LogP contribution in [-0.4, -0.2) is 19.6 Å². The second-order valence-electron chi connectivity index (χ2n) is 5.12. The summed E-state index contributed by atoms with van der Waals surface area (Å²) in [6.45, 7) is 7.79. The first-order valence-electron chi connectivity index (χ1n) is 5.55. The second kappa shape index (κ2) is 4.97. The maximum absolute atomic E-state index is 5.75. The number of hydrogen-bond acceptors (Lipinski definition) is 2. The lowest BCUT2D eigenvalue weighted by Crippen LogP contribution is -2.26. The van der Waals surface area contributed by atoms with Gasteiger partial charge in [0.2, 0.25) is 0 Å². The summed E-state index contributed by atoms with van der Waals surface area (Å²) < 4.78 is 0. The molecule has 0 aliphatic carbocycles. The first-order chi connectivity index (χ1) is 6.14. The Bertz CT molecular complexity index is 135. The summed E-state index contributed by atoms with van der Waals surface area (Å²) >= 11 is 0. The first-order valence-corrected chi connectivity index (χ1v) is 5.55. The summed E-state index contributed by atoms with van der Waals surface area (Å²) in [5, 5.41) is 3.45. The van der Waals surface area contributed by atoms with Crippen molar-refractivity contribution in [1.29, 1.82) is 0 Å². The monoisotopic (exact) mass is 184 g/mol. The zero-order valence-electron chi connectivity index (χ0n) is 9.10. The van der Waals surface area contributed by atoms with Crippen molar-refractivity contribution < 1.29 is 0 Å². The van der Waals surface area contributed by atoms with Crippen LogP contribution in [0.25, 0.3) is 0 Å². The molecule has 0 radical (unpaired) electrons. The smallest absolute Gasteiger partial charge is 0.00257 e. The van der Waals surface area contributed by atoms with Crippen LogP contribution < -0.4 is 11.1 Å². The summed E-state index contributed by atoms with van der Waals surface area (Å²) in [6, 6.07) is 0. The van der Waals surface area contributed by atoms with Gasteiger partial charge in [0, 0.05) is 0 Å².